The number of phenols is 2. The molecular weight excluding hydrogens is 344 g/mol. The third kappa shape index (κ3) is 2.93. The summed E-state index contributed by atoms with van der Waals surface area (Å²) in [4.78, 5) is 38.6. The molecule has 0 saturated carbocycles. The monoisotopic (exact) mass is 366 g/mol. The Kier molecular flexibility index (Phi) is 4.87. The number of ketones is 3. The smallest absolute Gasteiger partial charge is 0.201 e. The van der Waals surface area contributed by atoms with E-state index in [-0.39, 0.29) is 45.3 Å². The first-order valence-electron chi connectivity index (χ1n) is 9.11. The van der Waals surface area contributed by atoms with Crippen molar-refractivity contribution in [3.63, 3.8) is 0 Å². The fraction of sp³-hybridized carbons (Fsp3) is 0.318. The zero-order valence-electron chi connectivity index (χ0n) is 15.6. The molecule has 1 aliphatic rings. The molecule has 0 bridgehead atoms. The Morgan fingerprint density at radius 3 is 2.44 bits per heavy atom. The first kappa shape index (κ1) is 18.8. The lowest BCUT2D eigenvalue weighted by Gasteiger charge is -2.22. The van der Waals surface area contributed by atoms with Gasteiger partial charge in [-0.25, -0.2) is 0 Å². The van der Waals surface area contributed by atoms with Crippen LogP contribution in [0.1, 0.15) is 80.9 Å². The molecule has 1 aliphatic carbocycles. The number of Topliss-reactive ketones (excluding diaryl/α,β-unsaturated/α-hetero) is 1. The van der Waals surface area contributed by atoms with Crippen molar-refractivity contribution < 1.29 is 24.6 Å². The van der Waals surface area contributed by atoms with E-state index in [0.29, 0.717) is 12.0 Å². The lowest BCUT2D eigenvalue weighted by Crippen LogP contribution is -2.23. The molecule has 2 aromatic carbocycles. The number of carbonyl (C=O) groups is 3. The van der Waals surface area contributed by atoms with Crippen LogP contribution in [0.2, 0.25) is 0 Å². The van der Waals surface area contributed by atoms with Gasteiger partial charge in [0.15, 0.2) is 11.6 Å². The summed E-state index contributed by atoms with van der Waals surface area (Å²) >= 11 is 0. The van der Waals surface area contributed by atoms with Crippen molar-refractivity contribution in [2.45, 2.75) is 40.0 Å². The third-order valence-corrected chi connectivity index (χ3v) is 5.17. The summed E-state index contributed by atoms with van der Waals surface area (Å²) in [6.07, 6.45) is 2.52. The predicted molar refractivity (Wildman–Crippen MR) is 101 cm³/mol. The molecule has 0 aromatic heterocycles. The van der Waals surface area contributed by atoms with Gasteiger partial charge in [0.2, 0.25) is 5.78 Å². The van der Waals surface area contributed by atoms with Crippen LogP contribution >= 0.6 is 0 Å². The zero-order valence-corrected chi connectivity index (χ0v) is 15.6. The summed E-state index contributed by atoms with van der Waals surface area (Å²) in [5.74, 6) is -2.43. The Morgan fingerprint density at radius 1 is 1.07 bits per heavy atom. The van der Waals surface area contributed by atoms with E-state index in [0.717, 1.165) is 12.8 Å². The number of phenolic OH excluding ortho intramolecular Hbond substituents is 2. The van der Waals surface area contributed by atoms with Gasteiger partial charge in [0.05, 0.1) is 16.7 Å². The molecule has 5 nitrogen and oxygen atoms in total. The number of unbranched alkanes of at least 4 members (excludes halogenated alkanes) is 1. The Bertz CT molecular complexity index is 971. The van der Waals surface area contributed by atoms with Crippen LogP contribution in [0, 0.1) is 12.8 Å². The van der Waals surface area contributed by atoms with Crippen LogP contribution in [0.4, 0.5) is 0 Å². The molecule has 0 saturated heterocycles. The van der Waals surface area contributed by atoms with Crippen LogP contribution in [0.3, 0.4) is 0 Å². The van der Waals surface area contributed by atoms with Gasteiger partial charge in [0, 0.05) is 17.0 Å². The van der Waals surface area contributed by atoms with Gasteiger partial charge in [0.1, 0.15) is 11.5 Å². The van der Waals surface area contributed by atoms with E-state index in [1.807, 2.05) is 6.92 Å². The van der Waals surface area contributed by atoms with Crippen LogP contribution in [0.15, 0.2) is 24.3 Å². The topological polar surface area (TPSA) is 91.7 Å². The van der Waals surface area contributed by atoms with E-state index in [4.69, 9.17) is 0 Å². The van der Waals surface area contributed by atoms with Crippen LogP contribution in [0.5, 0.6) is 11.5 Å². The SMILES string of the molecule is CCCCC(C)C(=O)c1c(C)cc2c(c1O)C(=O)c1c(O)cccc1C2=O. The molecule has 1 atom stereocenters. The highest BCUT2D eigenvalue weighted by molar-refractivity contribution is 6.31. The Hall–Kier alpha value is -2.95. The molecule has 27 heavy (non-hydrogen) atoms. The fourth-order valence-electron chi connectivity index (χ4n) is 3.65. The highest BCUT2D eigenvalue weighted by Gasteiger charge is 2.37. The Balaban J connectivity index is 2.18. The average Bonchev–Trinajstić information content (AvgIpc) is 2.63. The van der Waals surface area contributed by atoms with Crippen LogP contribution in [0.25, 0.3) is 0 Å². The average molecular weight is 366 g/mol. The van der Waals surface area contributed by atoms with Crippen molar-refractivity contribution in [2.24, 2.45) is 5.92 Å². The van der Waals surface area contributed by atoms with Crippen molar-refractivity contribution in [2.75, 3.05) is 0 Å². The number of hydrogen-bond acceptors (Lipinski definition) is 5. The normalized spacial score (nSPS) is 13.9. The van der Waals surface area contributed by atoms with E-state index >= 15 is 0 Å². The maximum Gasteiger partial charge on any atom is 0.201 e. The van der Waals surface area contributed by atoms with Crippen LogP contribution < -0.4 is 0 Å². The highest BCUT2D eigenvalue weighted by Crippen LogP contribution is 2.40. The molecule has 0 aliphatic heterocycles. The number of carbonyl (C=O) groups excluding carboxylic acids is 3. The minimum Gasteiger partial charge on any atom is -0.507 e. The van der Waals surface area contributed by atoms with Gasteiger partial charge in [-0.1, -0.05) is 38.8 Å². The molecule has 5 heteroatoms. The fourth-order valence-corrected chi connectivity index (χ4v) is 3.65. The summed E-state index contributed by atoms with van der Waals surface area (Å²) < 4.78 is 0. The number of aromatic hydroxyl groups is 2. The summed E-state index contributed by atoms with van der Waals surface area (Å²) in [7, 11) is 0. The summed E-state index contributed by atoms with van der Waals surface area (Å²) in [5.41, 5.74) is 0.367. The van der Waals surface area contributed by atoms with Gasteiger partial charge in [-0.2, -0.15) is 0 Å². The van der Waals surface area contributed by atoms with E-state index in [2.05, 4.69) is 0 Å². The molecule has 2 N–H and O–H groups in total. The van der Waals surface area contributed by atoms with E-state index in [1.54, 1.807) is 13.8 Å². The van der Waals surface area contributed by atoms with Crippen molar-refractivity contribution >= 4 is 17.3 Å². The zero-order chi connectivity index (χ0) is 19.9. The molecule has 1 unspecified atom stereocenters. The van der Waals surface area contributed by atoms with E-state index in [1.165, 1.54) is 24.3 Å². The maximum atomic E-state index is 12.9. The quantitative estimate of drug-likeness (QED) is 0.661. The molecule has 0 fully saturated rings. The molecule has 0 amide bonds. The third-order valence-electron chi connectivity index (χ3n) is 5.17. The van der Waals surface area contributed by atoms with Gasteiger partial charge in [-0.05, 0) is 31.0 Å². The number of rotatable bonds is 5. The lowest BCUT2D eigenvalue weighted by molar-refractivity contribution is 0.0917. The lowest BCUT2D eigenvalue weighted by atomic mass is 9.79. The highest BCUT2D eigenvalue weighted by atomic mass is 16.3. The Labute approximate surface area is 157 Å². The molecule has 3 rings (SSSR count). The van der Waals surface area contributed by atoms with E-state index in [9.17, 15) is 24.6 Å². The van der Waals surface area contributed by atoms with E-state index < -0.39 is 17.3 Å². The molecule has 0 heterocycles. The van der Waals surface area contributed by atoms with Crippen molar-refractivity contribution in [3.05, 3.63) is 57.6 Å². The number of benzene rings is 2. The summed E-state index contributed by atoms with van der Waals surface area (Å²) in [5, 5.41) is 20.8. The van der Waals surface area contributed by atoms with Gasteiger partial charge < -0.3 is 10.2 Å². The minimum absolute atomic E-state index is 0.0610. The standard InChI is InChI=1S/C22H22O5/c1-4-5-7-11(2)19(24)16-12(3)10-14-18(21(16)26)22(27)17-13(20(14)25)8-6-9-15(17)23/h6,8-11,23,26H,4-5,7H2,1-3H3. The number of aryl methyl sites for hydroxylation is 1. The molecular formula is C22H22O5. The molecule has 0 radical (unpaired) electrons. The van der Waals surface area contributed by atoms with Gasteiger partial charge in [0.25, 0.3) is 0 Å². The largest absolute Gasteiger partial charge is 0.507 e. The summed E-state index contributed by atoms with van der Waals surface area (Å²) in [6.45, 7) is 5.48. The number of fused-ring (bicyclic) bond motifs is 2. The molecule has 140 valence electrons. The van der Waals surface area contributed by atoms with Gasteiger partial charge in [-0.15, -0.1) is 0 Å². The summed E-state index contributed by atoms with van der Waals surface area (Å²) in [6, 6.07) is 5.77. The van der Waals surface area contributed by atoms with Crippen molar-refractivity contribution in [1.29, 1.82) is 0 Å². The van der Waals surface area contributed by atoms with Crippen molar-refractivity contribution in [1.82, 2.24) is 0 Å². The van der Waals surface area contributed by atoms with Gasteiger partial charge >= 0.3 is 0 Å². The molecule has 0 spiro atoms. The maximum absolute atomic E-state index is 12.9. The Morgan fingerprint density at radius 2 is 1.78 bits per heavy atom. The second-order valence-electron chi connectivity index (χ2n) is 7.11. The first-order valence-corrected chi connectivity index (χ1v) is 9.11. The van der Waals surface area contributed by atoms with Crippen molar-refractivity contribution in [3.8, 4) is 11.5 Å². The first-order chi connectivity index (χ1) is 12.8. The molecule has 2 aromatic rings. The minimum atomic E-state index is -0.648. The number of hydrogen-bond donors (Lipinski definition) is 2. The second kappa shape index (κ2) is 6.99. The second-order valence-corrected chi connectivity index (χ2v) is 7.11. The van der Waals surface area contributed by atoms with Crippen LogP contribution in [-0.4, -0.2) is 27.6 Å². The van der Waals surface area contributed by atoms with Gasteiger partial charge in [-0.3, -0.25) is 14.4 Å². The predicted octanol–water partition coefficient (Wildman–Crippen LogP) is 4.19. The van der Waals surface area contributed by atoms with Crippen LogP contribution in [-0.2, 0) is 0 Å².